The fourth-order valence-electron chi connectivity index (χ4n) is 2.30. The number of hydrogen-bond acceptors (Lipinski definition) is 2. The molecule has 0 saturated heterocycles. The molecule has 0 heterocycles. The molecule has 20 heavy (non-hydrogen) atoms. The summed E-state index contributed by atoms with van der Waals surface area (Å²) in [6, 6.07) is 18.0. The van der Waals surface area contributed by atoms with E-state index < -0.39 is 11.4 Å². The van der Waals surface area contributed by atoms with Gasteiger partial charge in [-0.2, -0.15) is 0 Å². The molecule has 102 valence electrons. The Balaban J connectivity index is 2.69. The van der Waals surface area contributed by atoms with Gasteiger partial charge in [0, 0.05) is 6.92 Å². The third-order valence-corrected chi connectivity index (χ3v) is 3.15. The molecule has 4 heteroatoms. The Bertz CT molecular complexity index is 569. The first-order chi connectivity index (χ1) is 9.57. The van der Waals surface area contributed by atoms with Crippen molar-refractivity contribution in [3.63, 3.8) is 0 Å². The summed E-state index contributed by atoms with van der Waals surface area (Å²) in [6.45, 7) is 1.36. The maximum absolute atomic E-state index is 12.2. The van der Waals surface area contributed by atoms with Crippen molar-refractivity contribution in [3.8, 4) is 0 Å². The Labute approximate surface area is 117 Å². The third-order valence-electron chi connectivity index (χ3n) is 3.15. The Hall–Kier alpha value is -2.62. The molecule has 0 bridgehead atoms. The van der Waals surface area contributed by atoms with Gasteiger partial charge >= 0.3 is 0 Å². The van der Waals surface area contributed by atoms with E-state index in [0.717, 1.165) is 0 Å². The quantitative estimate of drug-likeness (QED) is 0.883. The van der Waals surface area contributed by atoms with Crippen LogP contribution in [0.1, 0.15) is 18.1 Å². The van der Waals surface area contributed by atoms with Crippen molar-refractivity contribution in [2.24, 2.45) is 5.73 Å². The highest BCUT2D eigenvalue weighted by Gasteiger charge is 2.41. The van der Waals surface area contributed by atoms with Gasteiger partial charge in [0.1, 0.15) is 0 Å². The van der Waals surface area contributed by atoms with Crippen LogP contribution in [0.15, 0.2) is 60.7 Å². The van der Waals surface area contributed by atoms with E-state index in [9.17, 15) is 9.59 Å². The highest BCUT2D eigenvalue weighted by molar-refractivity contribution is 5.94. The van der Waals surface area contributed by atoms with E-state index in [-0.39, 0.29) is 5.91 Å². The average Bonchev–Trinajstić information content (AvgIpc) is 2.46. The molecule has 0 spiro atoms. The van der Waals surface area contributed by atoms with Gasteiger partial charge in [-0.15, -0.1) is 0 Å². The molecule has 0 fully saturated rings. The number of nitrogens with two attached hydrogens (primary N) is 1. The molecule has 0 atom stereocenters. The molecule has 0 aromatic heterocycles. The Morgan fingerprint density at radius 3 is 1.60 bits per heavy atom. The fourth-order valence-corrected chi connectivity index (χ4v) is 2.30. The number of primary amides is 1. The van der Waals surface area contributed by atoms with Crippen LogP contribution in [0.4, 0.5) is 0 Å². The van der Waals surface area contributed by atoms with Gasteiger partial charge in [-0.1, -0.05) is 60.7 Å². The minimum atomic E-state index is -1.35. The number of carbonyl (C=O) groups excluding carboxylic acids is 2. The highest BCUT2D eigenvalue weighted by atomic mass is 16.2. The second-order valence-corrected chi connectivity index (χ2v) is 4.53. The van der Waals surface area contributed by atoms with Crippen LogP contribution in [0.3, 0.4) is 0 Å². The summed E-state index contributed by atoms with van der Waals surface area (Å²) in [4.78, 5) is 23.8. The van der Waals surface area contributed by atoms with Gasteiger partial charge in [-0.05, 0) is 11.1 Å². The zero-order valence-corrected chi connectivity index (χ0v) is 11.2. The van der Waals surface area contributed by atoms with E-state index >= 15 is 0 Å². The van der Waals surface area contributed by atoms with Gasteiger partial charge in [-0.3, -0.25) is 9.59 Å². The van der Waals surface area contributed by atoms with Crippen LogP contribution < -0.4 is 11.1 Å². The third kappa shape index (κ3) is 2.40. The van der Waals surface area contributed by atoms with Crippen molar-refractivity contribution >= 4 is 11.8 Å². The number of nitrogens with one attached hydrogen (secondary N) is 1. The second kappa shape index (κ2) is 5.57. The van der Waals surface area contributed by atoms with E-state index in [0.29, 0.717) is 11.1 Å². The monoisotopic (exact) mass is 268 g/mol. The van der Waals surface area contributed by atoms with Crippen LogP contribution >= 0.6 is 0 Å². The Morgan fingerprint density at radius 2 is 1.30 bits per heavy atom. The molecule has 4 nitrogen and oxygen atoms in total. The van der Waals surface area contributed by atoms with Crippen LogP contribution in [0.2, 0.25) is 0 Å². The minimum Gasteiger partial charge on any atom is -0.367 e. The highest BCUT2D eigenvalue weighted by Crippen LogP contribution is 2.29. The number of hydrogen-bond donors (Lipinski definition) is 2. The maximum atomic E-state index is 12.2. The SMILES string of the molecule is CC(=O)NC(C(N)=O)(c1ccccc1)c1ccccc1. The van der Waals surface area contributed by atoms with Crippen LogP contribution in [0.25, 0.3) is 0 Å². The standard InChI is InChI=1S/C16H16N2O2/c1-12(19)18-16(15(17)20,13-8-4-2-5-9-13)14-10-6-3-7-11-14/h2-11H,1H3,(H2,17,20)(H,18,19). The molecule has 0 saturated carbocycles. The topological polar surface area (TPSA) is 72.2 Å². The number of rotatable bonds is 4. The molecule has 2 aromatic carbocycles. The van der Waals surface area contributed by atoms with E-state index in [4.69, 9.17) is 5.73 Å². The summed E-state index contributed by atoms with van der Waals surface area (Å²) in [7, 11) is 0. The molecular weight excluding hydrogens is 252 g/mol. The minimum absolute atomic E-state index is 0.323. The molecule has 3 N–H and O–H groups in total. The number of amides is 2. The lowest BCUT2D eigenvalue weighted by atomic mass is 9.82. The van der Waals surface area contributed by atoms with Crippen molar-refractivity contribution in [2.45, 2.75) is 12.5 Å². The zero-order chi connectivity index (χ0) is 14.6. The van der Waals surface area contributed by atoms with Gasteiger partial charge in [0.05, 0.1) is 0 Å². The van der Waals surface area contributed by atoms with E-state index in [1.54, 1.807) is 48.5 Å². The van der Waals surface area contributed by atoms with Crippen molar-refractivity contribution in [3.05, 3.63) is 71.8 Å². The van der Waals surface area contributed by atoms with Gasteiger partial charge < -0.3 is 11.1 Å². The van der Waals surface area contributed by atoms with Crippen molar-refractivity contribution in [2.75, 3.05) is 0 Å². The molecule has 0 unspecified atom stereocenters. The molecule has 0 aliphatic rings. The van der Waals surface area contributed by atoms with Gasteiger partial charge in [0.25, 0.3) is 5.91 Å². The predicted octanol–water partition coefficient (Wildman–Crippen LogP) is 1.55. The summed E-state index contributed by atoms with van der Waals surface area (Å²) in [6.07, 6.45) is 0. The lowest BCUT2D eigenvalue weighted by Gasteiger charge is -2.32. The first-order valence-corrected chi connectivity index (χ1v) is 6.27. The Morgan fingerprint density at radius 1 is 0.900 bits per heavy atom. The predicted molar refractivity (Wildman–Crippen MR) is 76.7 cm³/mol. The summed E-state index contributed by atoms with van der Waals surface area (Å²) < 4.78 is 0. The van der Waals surface area contributed by atoms with Gasteiger partial charge in [-0.25, -0.2) is 0 Å². The summed E-state index contributed by atoms with van der Waals surface area (Å²) >= 11 is 0. The number of benzene rings is 2. The van der Waals surface area contributed by atoms with Crippen molar-refractivity contribution < 1.29 is 9.59 Å². The van der Waals surface area contributed by atoms with Crippen molar-refractivity contribution in [1.29, 1.82) is 0 Å². The van der Waals surface area contributed by atoms with Crippen LogP contribution in [0.5, 0.6) is 0 Å². The van der Waals surface area contributed by atoms with Crippen LogP contribution in [-0.2, 0) is 15.1 Å². The summed E-state index contributed by atoms with van der Waals surface area (Å²) in [5.41, 5.74) is 5.54. The molecule has 2 amide bonds. The largest absolute Gasteiger partial charge is 0.367 e. The van der Waals surface area contributed by atoms with Crippen LogP contribution in [-0.4, -0.2) is 11.8 Å². The zero-order valence-electron chi connectivity index (χ0n) is 11.2. The average molecular weight is 268 g/mol. The molecular formula is C16H16N2O2. The van der Waals surface area contributed by atoms with Gasteiger partial charge in [0.2, 0.25) is 5.91 Å². The molecule has 0 aliphatic carbocycles. The first-order valence-electron chi connectivity index (χ1n) is 6.27. The van der Waals surface area contributed by atoms with E-state index in [1.807, 2.05) is 12.1 Å². The molecule has 2 aromatic rings. The maximum Gasteiger partial charge on any atom is 0.252 e. The summed E-state index contributed by atoms with van der Waals surface area (Å²) in [5.74, 6) is -0.943. The molecule has 0 radical (unpaired) electrons. The fraction of sp³-hybridized carbons (Fsp3) is 0.125. The lowest BCUT2D eigenvalue weighted by molar-refractivity contribution is -0.129. The van der Waals surface area contributed by atoms with Gasteiger partial charge in [0.15, 0.2) is 5.54 Å². The normalized spacial score (nSPS) is 10.8. The van der Waals surface area contributed by atoms with Crippen molar-refractivity contribution in [1.82, 2.24) is 5.32 Å². The second-order valence-electron chi connectivity index (χ2n) is 4.53. The van der Waals surface area contributed by atoms with E-state index in [1.165, 1.54) is 6.92 Å². The smallest absolute Gasteiger partial charge is 0.252 e. The Kier molecular flexibility index (Phi) is 3.84. The summed E-state index contributed by atoms with van der Waals surface area (Å²) in [5, 5.41) is 2.71. The van der Waals surface area contributed by atoms with Crippen LogP contribution in [0, 0.1) is 0 Å². The van der Waals surface area contributed by atoms with E-state index in [2.05, 4.69) is 5.32 Å². The lowest BCUT2D eigenvalue weighted by Crippen LogP contribution is -2.55. The molecule has 0 aliphatic heterocycles. The molecule has 2 rings (SSSR count). The number of carbonyl (C=O) groups is 2. The first kappa shape index (κ1) is 13.8.